The fraction of sp³-hybridized carbons (Fsp3) is 0.462. The molecule has 0 spiro atoms. The van der Waals surface area contributed by atoms with Gasteiger partial charge in [-0.25, -0.2) is 18.6 Å². The van der Waals surface area contributed by atoms with Crippen molar-refractivity contribution < 1.29 is 17.9 Å². The van der Waals surface area contributed by atoms with Crippen LogP contribution in [0, 0.1) is 0 Å². The van der Waals surface area contributed by atoms with Crippen LogP contribution >= 0.6 is 0 Å². The summed E-state index contributed by atoms with van der Waals surface area (Å²) in [5, 5.41) is 6.92. The number of benzene rings is 1. The van der Waals surface area contributed by atoms with Crippen molar-refractivity contribution >= 4 is 15.9 Å². The van der Waals surface area contributed by atoms with E-state index in [2.05, 4.69) is 5.43 Å². The number of nitrogens with zero attached hydrogens (tertiary/aromatic N) is 1. The minimum absolute atomic E-state index is 0.118. The van der Waals surface area contributed by atoms with Gasteiger partial charge in [0.2, 0.25) is 10.0 Å². The molecular weight excluding hydrogens is 294 g/mol. The van der Waals surface area contributed by atoms with Crippen molar-refractivity contribution in [1.82, 2.24) is 10.4 Å². The highest BCUT2D eigenvalue weighted by Crippen LogP contribution is 2.22. The van der Waals surface area contributed by atoms with Crippen molar-refractivity contribution in [2.45, 2.75) is 24.2 Å². The van der Waals surface area contributed by atoms with Crippen LogP contribution in [0.3, 0.4) is 0 Å². The highest BCUT2D eigenvalue weighted by atomic mass is 32.2. The molecule has 0 atom stereocenters. The Kier molecular flexibility index (Phi) is 4.81. The lowest BCUT2D eigenvalue weighted by molar-refractivity contribution is 0.0747. The number of nitrogens with one attached hydrogen (secondary N) is 1. The molecular formula is C13H19N3O4S. The van der Waals surface area contributed by atoms with Crippen LogP contribution < -0.4 is 15.3 Å². The van der Waals surface area contributed by atoms with E-state index in [4.69, 9.17) is 9.88 Å². The van der Waals surface area contributed by atoms with E-state index >= 15 is 0 Å². The average Bonchev–Trinajstić information content (AvgIpc) is 2.46. The summed E-state index contributed by atoms with van der Waals surface area (Å²) in [6.07, 6.45) is 3.19. The van der Waals surface area contributed by atoms with E-state index in [0.717, 1.165) is 32.4 Å². The Hall–Kier alpha value is -1.64. The molecule has 1 aliphatic rings. The predicted octanol–water partition coefficient (Wildman–Crippen LogP) is 0.473. The number of carbonyl (C=O) groups excluding carboxylic acids is 1. The highest BCUT2D eigenvalue weighted by molar-refractivity contribution is 7.89. The first kappa shape index (κ1) is 15.7. The Balaban J connectivity index is 2.25. The van der Waals surface area contributed by atoms with Gasteiger partial charge < -0.3 is 4.74 Å². The van der Waals surface area contributed by atoms with Crippen molar-refractivity contribution in [2.24, 2.45) is 5.14 Å². The fourth-order valence-corrected chi connectivity index (χ4v) is 2.79. The van der Waals surface area contributed by atoms with Gasteiger partial charge in [-0.05, 0) is 31.0 Å². The maximum Gasteiger partial charge on any atom is 0.269 e. The molecule has 8 heteroatoms. The average molecular weight is 313 g/mol. The van der Waals surface area contributed by atoms with Crippen LogP contribution in [0.5, 0.6) is 5.75 Å². The Bertz CT molecular complexity index is 624. The molecule has 0 bridgehead atoms. The second-order valence-electron chi connectivity index (χ2n) is 4.90. The molecule has 0 radical (unpaired) electrons. The molecule has 3 N–H and O–H groups in total. The van der Waals surface area contributed by atoms with Gasteiger partial charge in [-0.15, -0.1) is 0 Å². The van der Waals surface area contributed by atoms with Gasteiger partial charge in [0, 0.05) is 13.1 Å². The minimum Gasteiger partial charge on any atom is -0.496 e. The molecule has 7 nitrogen and oxygen atoms in total. The number of hydrogen-bond acceptors (Lipinski definition) is 5. The molecule has 116 valence electrons. The molecule has 1 aromatic carbocycles. The van der Waals surface area contributed by atoms with Crippen LogP contribution in [0.4, 0.5) is 0 Å². The van der Waals surface area contributed by atoms with Gasteiger partial charge in [0.05, 0.1) is 17.6 Å². The summed E-state index contributed by atoms with van der Waals surface area (Å²) in [6.45, 7) is 1.56. The van der Waals surface area contributed by atoms with Crippen molar-refractivity contribution in [3.63, 3.8) is 0 Å². The van der Waals surface area contributed by atoms with Crippen molar-refractivity contribution in [2.75, 3.05) is 20.2 Å². The normalized spacial score (nSPS) is 16.5. The van der Waals surface area contributed by atoms with Crippen molar-refractivity contribution in [3.8, 4) is 5.75 Å². The molecule has 1 saturated heterocycles. The standard InChI is InChI=1S/C13H19N3O4S/c1-20-12-6-5-10(21(14,18)19)9-11(12)13(17)15-16-7-3-2-4-8-16/h5-6,9H,2-4,7-8H2,1H3,(H,15,17)(H2,14,18,19). The second-order valence-corrected chi connectivity index (χ2v) is 6.46. The molecule has 0 aromatic heterocycles. The molecule has 0 unspecified atom stereocenters. The van der Waals surface area contributed by atoms with E-state index < -0.39 is 15.9 Å². The maximum atomic E-state index is 12.3. The number of piperidine rings is 1. The van der Waals surface area contributed by atoms with E-state index in [1.54, 1.807) is 0 Å². The number of sulfonamides is 1. The highest BCUT2D eigenvalue weighted by Gasteiger charge is 2.20. The molecule has 21 heavy (non-hydrogen) atoms. The van der Waals surface area contributed by atoms with Gasteiger partial charge >= 0.3 is 0 Å². The minimum atomic E-state index is -3.87. The summed E-state index contributed by atoms with van der Waals surface area (Å²) in [7, 11) is -2.45. The zero-order chi connectivity index (χ0) is 15.5. The third kappa shape index (κ3) is 3.93. The fourth-order valence-electron chi connectivity index (χ4n) is 2.25. The molecule has 1 amide bonds. The zero-order valence-electron chi connectivity index (χ0n) is 11.8. The first-order valence-electron chi connectivity index (χ1n) is 6.68. The van der Waals surface area contributed by atoms with Gasteiger partial charge in [0.1, 0.15) is 5.75 Å². The van der Waals surface area contributed by atoms with Crippen LogP contribution in [0.25, 0.3) is 0 Å². The van der Waals surface area contributed by atoms with E-state index in [0.29, 0.717) is 5.75 Å². The summed E-state index contributed by atoms with van der Waals surface area (Å²) in [6, 6.07) is 3.96. The maximum absolute atomic E-state index is 12.3. The predicted molar refractivity (Wildman–Crippen MR) is 77.3 cm³/mol. The third-order valence-electron chi connectivity index (χ3n) is 3.36. The van der Waals surface area contributed by atoms with Gasteiger partial charge in [-0.2, -0.15) is 0 Å². The summed E-state index contributed by atoms with van der Waals surface area (Å²) in [5.41, 5.74) is 2.92. The lowest BCUT2D eigenvalue weighted by Crippen LogP contribution is -2.45. The smallest absolute Gasteiger partial charge is 0.269 e. The topological polar surface area (TPSA) is 102 Å². The summed E-state index contributed by atoms with van der Waals surface area (Å²) >= 11 is 0. The Morgan fingerprint density at radius 3 is 2.52 bits per heavy atom. The number of carbonyl (C=O) groups is 1. The van der Waals surface area contributed by atoms with Crippen LogP contribution in [-0.2, 0) is 10.0 Å². The number of hydrogen-bond donors (Lipinski definition) is 2. The Morgan fingerprint density at radius 1 is 1.29 bits per heavy atom. The number of hydrazine groups is 1. The van der Waals surface area contributed by atoms with Crippen LogP contribution in [0.1, 0.15) is 29.6 Å². The van der Waals surface area contributed by atoms with Gasteiger partial charge in [-0.3, -0.25) is 10.2 Å². The summed E-state index contributed by atoms with van der Waals surface area (Å²) in [5.74, 6) is -0.101. The molecule has 0 saturated carbocycles. The molecule has 1 heterocycles. The zero-order valence-corrected chi connectivity index (χ0v) is 12.6. The Morgan fingerprint density at radius 2 is 1.95 bits per heavy atom. The van der Waals surface area contributed by atoms with E-state index in [1.807, 2.05) is 5.01 Å². The summed E-state index contributed by atoms with van der Waals surface area (Å²) < 4.78 is 27.9. The summed E-state index contributed by atoms with van der Waals surface area (Å²) in [4.78, 5) is 12.2. The van der Waals surface area contributed by atoms with Crippen LogP contribution in [-0.4, -0.2) is 39.5 Å². The first-order valence-corrected chi connectivity index (χ1v) is 8.23. The molecule has 0 aliphatic carbocycles. The van der Waals surface area contributed by atoms with Crippen molar-refractivity contribution in [1.29, 1.82) is 0 Å². The molecule has 1 aliphatic heterocycles. The number of methoxy groups -OCH3 is 1. The number of amides is 1. The largest absolute Gasteiger partial charge is 0.496 e. The van der Waals surface area contributed by atoms with Gasteiger partial charge in [0.25, 0.3) is 5.91 Å². The van der Waals surface area contributed by atoms with E-state index in [-0.39, 0.29) is 10.5 Å². The monoisotopic (exact) mass is 313 g/mol. The third-order valence-corrected chi connectivity index (χ3v) is 4.27. The lowest BCUT2D eigenvalue weighted by atomic mass is 10.1. The van der Waals surface area contributed by atoms with Gasteiger partial charge in [0.15, 0.2) is 0 Å². The quantitative estimate of drug-likeness (QED) is 0.841. The SMILES string of the molecule is COc1ccc(S(N)(=O)=O)cc1C(=O)NN1CCCCC1. The van der Waals surface area contributed by atoms with E-state index in [1.165, 1.54) is 25.3 Å². The van der Waals surface area contributed by atoms with Crippen molar-refractivity contribution in [3.05, 3.63) is 23.8 Å². The van der Waals surface area contributed by atoms with Gasteiger partial charge in [-0.1, -0.05) is 6.42 Å². The lowest BCUT2D eigenvalue weighted by Gasteiger charge is -2.27. The number of ether oxygens (including phenoxy) is 1. The van der Waals surface area contributed by atoms with Crippen LogP contribution in [0.2, 0.25) is 0 Å². The first-order chi connectivity index (χ1) is 9.91. The molecule has 2 rings (SSSR count). The Labute approximate surface area is 124 Å². The second kappa shape index (κ2) is 6.42. The van der Waals surface area contributed by atoms with Crippen LogP contribution in [0.15, 0.2) is 23.1 Å². The van der Waals surface area contributed by atoms with E-state index in [9.17, 15) is 13.2 Å². The molecule has 1 aromatic rings. The number of nitrogens with two attached hydrogens (primary N) is 1. The number of primary sulfonamides is 1. The number of rotatable bonds is 4. The molecule has 1 fully saturated rings.